The number of anilines is 2. The monoisotopic (exact) mass is 581 g/mol. The number of carbonyl (C=O) groups excluding carboxylic acids is 2. The fraction of sp³-hybridized carbons (Fsp3) is 0.242. The zero-order valence-corrected chi connectivity index (χ0v) is 23.9. The molecule has 0 spiro atoms. The third kappa shape index (κ3) is 5.95. The lowest BCUT2D eigenvalue weighted by Crippen LogP contribution is -2.38. The first kappa shape index (κ1) is 27.8. The summed E-state index contributed by atoms with van der Waals surface area (Å²) in [4.78, 5) is 34.8. The van der Waals surface area contributed by atoms with Gasteiger partial charge in [-0.1, -0.05) is 54.1 Å². The lowest BCUT2D eigenvalue weighted by molar-refractivity contribution is 0.0783. The number of benzene rings is 3. The number of nitrogens with one attached hydrogen (secondary N) is 1. The summed E-state index contributed by atoms with van der Waals surface area (Å²) in [5.74, 6) is -0.193. The van der Waals surface area contributed by atoms with Crippen LogP contribution in [0.25, 0.3) is 22.3 Å². The summed E-state index contributed by atoms with van der Waals surface area (Å²) < 4.78 is 5.44. The van der Waals surface area contributed by atoms with Gasteiger partial charge in [0.25, 0.3) is 11.8 Å². The van der Waals surface area contributed by atoms with E-state index in [4.69, 9.17) is 22.1 Å². The van der Waals surface area contributed by atoms with Crippen LogP contribution in [0.3, 0.4) is 0 Å². The molecule has 4 aromatic rings. The van der Waals surface area contributed by atoms with Crippen LogP contribution in [-0.4, -0.2) is 67.1 Å². The van der Waals surface area contributed by atoms with E-state index in [9.17, 15) is 9.59 Å². The van der Waals surface area contributed by atoms with Gasteiger partial charge >= 0.3 is 0 Å². The summed E-state index contributed by atoms with van der Waals surface area (Å²) in [6.45, 7) is 4.17. The van der Waals surface area contributed by atoms with Gasteiger partial charge in [-0.25, -0.2) is 4.98 Å². The van der Waals surface area contributed by atoms with Crippen molar-refractivity contribution in [2.45, 2.75) is 12.5 Å². The van der Waals surface area contributed by atoms with Crippen LogP contribution in [-0.2, 0) is 4.74 Å². The molecule has 0 saturated carbocycles. The van der Waals surface area contributed by atoms with Crippen molar-refractivity contribution in [3.05, 3.63) is 101 Å². The molecular formula is C33H32ClN5O3. The fourth-order valence-corrected chi connectivity index (χ4v) is 5.74. The average molecular weight is 582 g/mol. The molecule has 2 aliphatic heterocycles. The molecule has 0 aliphatic carbocycles. The number of rotatable bonds is 6. The minimum atomic E-state index is -0.296. The van der Waals surface area contributed by atoms with Crippen molar-refractivity contribution in [3.63, 3.8) is 0 Å². The molecule has 214 valence electrons. The second kappa shape index (κ2) is 12.2. The highest BCUT2D eigenvalue weighted by Crippen LogP contribution is 2.29. The fourth-order valence-electron chi connectivity index (χ4n) is 5.50. The molecule has 3 N–H and O–H groups in total. The van der Waals surface area contributed by atoms with Crippen LogP contribution >= 0.6 is 11.6 Å². The number of halogens is 1. The number of ether oxygens (including phenoxy) is 1. The number of morpholine rings is 1. The predicted molar refractivity (Wildman–Crippen MR) is 166 cm³/mol. The van der Waals surface area contributed by atoms with Gasteiger partial charge in [0.2, 0.25) is 0 Å². The molecule has 2 saturated heterocycles. The molecule has 3 heterocycles. The number of pyridine rings is 1. The Hall–Kier alpha value is -4.40. The quantitative estimate of drug-likeness (QED) is 0.327. The number of likely N-dealkylation sites (tertiary alicyclic amines) is 1. The highest BCUT2D eigenvalue weighted by Gasteiger charge is 2.29. The van der Waals surface area contributed by atoms with Crippen molar-refractivity contribution in [2.24, 2.45) is 0 Å². The van der Waals surface area contributed by atoms with E-state index in [2.05, 4.69) is 27.3 Å². The van der Waals surface area contributed by atoms with Crippen molar-refractivity contribution >= 4 is 34.9 Å². The predicted octanol–water partition coefficient (Wildman–Crippen LogP) is 5.13. The van der Waals surface area contributed by atoms with Gasteiger partial charge in [0, 0.05) is 65.8 Å². The molecule has 1 aromatic heterocycles. The van der Waals surface area contributed by atoms with Gasteiger partial charge in [-0.2, -0.15) is 0 Å². The van der Waals surface area contributed by atoms with E-state index in [-0.39, 0.29) is 23.7 Å². The normalized spacial score (nSPS) is 16.8. The van der Waals surface area contributed by atoms with Crippen LogP contribution in [0.1, 0.15) is 27.1 Å². The van der Waals surface area contributed by atoms with E-state index in [0.717, 1.165) is 54.2 Å². The SMILES string of the molecule is Nc1ncc(-c2ccc(N3CCOCC3)cc2)cc1C(=O)N[C@@H]1CCN(C(=O)c2ccc(-c3ccccc3Cl)cc2)C1. The molecule has 0 unspecified atom stereocenters. The summed E-state index contributed by atoms with van der Waals surface area (Å²) >= 11 is 6.32. The van der Waals surface area contributed by atoms with Crippen molar-refractivity contribution in [1.29, 1.82) is 0 Å². The topological polar surface area (TPSA) is 101 Å². The van der Waals surface area contributed by atoms with Crippen molar-refractivity contribution in [3.8, 4) is 22.3 Å². The minimum absolute atomic E-state index is 0.0684. The Morgan fingerprint density at radius 2 is 1.62 bits per heavy atom. The van der Waals surface area contributed by atoms with Gasteiger partial charge in [0.05, 0.1) is 18.8 Å². The Morgan fingerprint density at radius 1 is 0.905 bits per heavy atom. The number of nitrogen functional groups attached to an aromatic ring is 1. The maximum atomic E-state index is 13.2. The molecule has 0 radical (unpaired) electrons. The first-order valence-corrected chi connectivity index (χ1v) is 14.5. The van der Waals surface area contributed by atoms with Crippen LogP contribution < -0.4 is 16.0 Å². The van der Waals surface area contributed by atoms with Crippen LogP contribution in [0.4, 0.5) is 11.5 Å². The summed E-state index contributed by atoms with van der Waals surface area (Å²) in [7, 11) is 0. The third-order valence-corrected chi connectivity index (χ3v) is 8.20. The number of hydrogen-bond donors (Lipinski definition) is 2. The maximum Gasteiger partial charge on any atom is 0.255 e. The van der Waals surface area contributed by atoms with Crippen molar-refractivity contribution < 1.29 is 14.3 Å². The third-order valence-electron chi connectivity index (χ3n) is 7.87. The number of nitrogens with two attached hydrogens (primary N) is 1. The Labute approximate surface area is 250 Å². The first-order valence-electron chi connectivity index (χ1n) is 14.1. The van der Waals surface area contributed by atoms with Crippen LogP contribution in [0.5, 0.6) is 0 Å². The van der Waals surface area contributed by atoms with Gasteiger partial charge < -0.3 is 25.6 Å². The van der Waals surface area contributed by atoms with Crippen molar-refractivity contribution in [2.75, 3.05) is 50.0 Å². The molecule has 1 atom stereocenters. The molecule has 42 heavy (non-hydrogen) atoms. The van der Waals surface area contributed by atoms with E-state index in [1.165, 1.54) is 0 Å². The van der Waals surface area contributed by atoms with E-state index in [0.29, 0.717) is 35.7 Å². The Morgan fingerprint density at radius 3 is 2.36 bits per heavy atom. The zero-order chi connectivity index (χ0) is 29.1. The largest absolute Gasteiger partial charge is 0.383 e. The van der Waals surface area contributed by atoms with E-state index in [1.807, 2.05) is 60.7 Å². The lowest BCUT2D eigenvalue weighted by atomic mass is 10.0. The maximum absolute atomic E-state index is 13.2. The Balaban J connectivity index is 1.08. The lowest BCUT2D eigenvalue weighted by Gasteiger charge is -2.28. The molecule has 8 nitrogen and oxygen atoms in total. The second-order valence-corrected chi connectivity index (χ2v) is 11.0. The zero-order valence-electron chi connectivity index (χ0n) is 23.1. The number of amides is 2. The smallest absolute Gasteiger partial charge is 0.255 e. The molecule has 9 heteroatoms. The molecule has 2 amide bonds. The van der Waals surface area contributed by atoms with Gasteiger partial charge in [0.15, 0.2) is 0 Å². The summed E-state index contributed by atoms with van der Waals surface area (Å²) in [5, 5.41) is 3.72. The van der Waals surface area contributed by atoms with Gasteiger partial charge in [0.1, 0.15) is 5.82 Å². The number of hydrogen-bond acceptors (Lipinski definition) is 6. The summed E-state index contributed by atoms with van der Waals surface area (Å²) in [6, 6.07) is 24.9. The molecule has 6 rings (SSSR count). The average Bonchev–Trinajstić information content (AvgIpc) is 3.50. The minimum Gasteiger partial charge on any atom is -0.383 e. The van der Waals surface area contributed by atoms with E-state index in [1.54, 1.807) is 17.2 Å². The highest BCUT2D eigenvalue weighted by molar-refractivity contribution is 6.33. The molecular weight excluding hydrogens is 550 g/mol. The Bertz CT molecular complexity index is 1590. The highest BCUT2D eigenvalue weighted by atomic mass is 35.5. The van der Waals surface area contributed by atoms with Gasteiger partial charge in [-0.15, -0.1) is 0 Å². The first-order chi connectivity index (χ1) is 20.5. The van der Waals surface area contributed by atoms with E-state index < -0.39 is 0 Å². The number of aromatic nitrogens is 1. The molecule has 0 bridgehead atoms. The van der Waals surface area contributed by atoms with Gasteiger partial charge in [-0.05, 0) is 53.9 Å². The number of carbonyl (C=O) groups is 2. The standard InChI is InChI=1S/C33H32ClN5O3/c34-30-4-2-1-3-28(30)23-5-7-24(8-6-23)33(41)39-14-13-26(21-39)37-32(40)29-19-25(20-36-31(29)35)22-9-11-27(12-10-22)38-15-17-42-18-16-38/h1-12,19-20,26H,13-18,21H2,(H2,35,36)(H,37,40)/t26-/m1/s1. The summed E-state index contributed by atoms with van der Waals surface area (Å²) in [5.41, 5.74) is 11.8. The van der Waals surface area contributed by atoms with Crippen LogP contribution in [0.2, 0.25) is 5.02 Å². The number of nitrogens with zero attached hydrogens (tertiary/aromatic N) is 3. The van der Waals surface area contributed by atoms with E-state index >= 15 is 0 Å². The summed E-state index contributed by atoms with van der Waals surface area (Å²) in [6.07, 6.45) is 2.34. The molecule has 2 aliphatic rings. The van der Waals surface area contributed by atoms with Gasteiger partial charge in [-0.3, -0.25) is 9.59 Å². The molecule has 2 fully saturated rings. The van der Waals surface area contributed by atoms with Crippen molar-refractivity contribution in [1.82, 2.24) is 15.2 Å². The molecule has 3 aromatic carbocycles. The Kier molecular flexibility index (Phi) is 8.08. The van der Waals surface area contributed by atoms with Crippen LogP contribution in [0.15, 0.2) is 85.1 Å². The second-order valence-electron chi connectivity index (χ2n) is 10.6. The van der Waals surface area contributed by atoms with Crippen LogP contribution in [0, 0.1) is 0 Å².